The number of nitrogens with one attached hydrogen (secondary N) is 2. The van der Waals surface area contributed by atoms with E-state index in [1.165, 1.54) is 6.92 Å². The Morgan fingerprint density at radius 2 is 1.81 bits per heavy atom. The molecule has 2 heterocycles. The van der Waals surface area contributed by atoms with Gasteiger partial charge in [-0.3, -0.25) is 24.1 Å². The van der Waals surface area contributed by atoms with E-state index in [9.17, 15) is 19.2 Å². The fourth-order valence-corrected chi connectivity index (χ4v) is 3.75. The van der Waals surface area contributed by atoms with E-state index in [0.29, 0.717) is 23.5 Å². The van der Waals surface area contributed by atoms with Crippen molar-refractivity contribution in [3.8, 4) is 0 Å². The third-order valence-electron chi connectivity index (χ3n) is 5.46. The SMILES string of the molecule is CC1CC(=O)NN=C1c1ccc(NC(=O)C(C)N2C(=O)c3ccccc3C2=O)c(N)c1. The molecule has 2 unspecified atom stereocenters. The maximum atomic E-state index is 12.8. The van der Waals surface area contributed by atoms with Crippen molar-refractivity contribution in [1.82, 2.24) is 10.3 Å². The highest BCUT2D eigenvalue weighted by atomic mass is 16.2. The van der Waals surface area contributed by atoms with Gasteiger partial charge >= 0.3 is 0 Å². The lowest BCUT2D eigenvalue weighted by Gasteiger charge is -2.23. The minimum atomic E-state index is -1.02. The maximum Gasteiger partial charge on any atom is 0.262 e. The van der Waals surface area contributed by atoms with Gasteiger partial charge in [-0.25, -0.2) is 5.43 Å². The van der Waals surface area contributed by atoms with E-state index in [4.69, 9.17) is 5.73 Å². The Morgan fingerprint density at radius 1 is 1.16 bits per heavy atom. The standard InChI is InChI=1S/C22H21N5O4/c1-11-9-18(28)25-26-19(11)13-7-8-17(16(23)10-13)24-20(29)12(2)27-21(30)14-5-3-4-6-15(14)22(27)31/h3-8,10-12H,9,23H2,1-2H3,(H,24,29)(H,25,28). The molecule has 0 saturated carbocycles. The summed E-state index contributed by atoms with van der Waals surface area (Å²) >= 11 is 0. The van der Waals surface area contributed by atoms with Crippen molar-refractivity contribution >= 4 is 40.7 Å². The summed E-state index contributed by atoms with van der Waals surface area (Å²) in [6.07, 6.45) is 0.328. The summed E-state index contributed by atoms with van der Waals surface area (Å²) in [6, 6.07) is 10.5. The van der Waals surface area contributed by atoms with Gasteiger partial charge in [-0.1, -0.05) is 25.1 Å². The third kappa shape index (κ3) is 3.54. The van der Waals surface area contributed by atoms with Gasteiger partial charge in [0.05, 0.1) is 28.2 Å². The Balaban J connectivity index is 1.51. The average Bonchev–Trinajstić information content (AvgIpc) is 2.99. The normalized spacial score (nSPS) is 18.9. The smallest absolute Gasteiger partial charge is 0.262 e. The molecule has 0 aromatic heterocycles. The zero-order valence-electron chi connectivity index (χ0n) is 17.0. The first-order valence-corrected chi connectivity index (χ1v) is 9.82. The van der Waals surface area contributed by atoms with E-state index in [1.54, 1.807) is 42.5 Å². The first kappa shape index (κ1) is 20.3. The Kier molecular flexibility index (Phi) is 5.02. The second-order valence-corrected chi connectivity index (χ2v) is 7.63. The van der Waals surface area contributed by atoms with Crippen LogP contribution in [-0.2, 0) is 9.59 Å². The van der Waals surface area contributed by atoms with Gasteiger partial charge in [0.1, 0.15) is 6.04 Å². The summed E-state index contributed by atoms with van der Waals surface area (Å²) in [5, 5.41) is 6.79. The number of benzene rings is 2. The van der Waals surface area contributed by atoms with Crippen LogP contribution in [0.25, 0.3) is 0 Å². The molecule has 0 radical (unpaired) electrons. The van der Waals surface area contributed by atoms with Crippen LogP contribution in [0, 0.1) is 5.92 Å². The molecule has 158 valence electrons. The number of amides is 4. The van der Waals surface area contributed by atoms with E-state index in [0.717, 1.165) is 10.5 Å². The minimum Gasteiger partial charge on any atom is -0.397 e. The number of nitrogen functional groups attached to an aromatic ring is 1. The van der Waals surface area contributed by atoms with Crippen LogP contribution >= 0.6 is 0 Å². The topological polar surface area (TPSA) is 134 Å². The lowest BCUT2D eigenvalue weighted by atomic mass is 9.93. The molecule has 0 aliphatic carbocycles. The molecule has 2 atom stereocenters. The van der Waals surface area contributed by atoms with Crippen molar-refractivity contribution in [2.75, 3.05) is 11.1 Å². The monoisotopic (exact) mass is 419 g/mol. The van der Waals surface area contributed by atoms with Crippen molar-refractivity contribution in [1.29, 1.82) is 0 Å². The summed E-state index contributed by atoms with van der Waals surface area (Å²) < 4.78 is 0. The number of hydrogen-bond acceptors (Lipinski definition) is 6. The fraction of sp³-hybridized carbons (Fsp3) is 0.227. The number of nitrogens with zero attached hydrogens (tertiary/aromatic N) is 2. The highest BCUT2D eigenvalue weighted by Crippen LogP contribution is 2.27. The number of carbonyl (C=O) groups is 4. The first-order valence-electron chi connectivity index (χ1n) is 9.82. The van der Waals surface area contributed by atoms with Crippen LogP contribution in [0.1, 0.15) is 46.5 Å². The molecule has 4 rings (SSSR count). The molecular formula is C22H21N5O4. The van der Waals surface area contributed by atoms with Crippen LogP contribution in [-0.4, -0.2) is 40.3 Å². The van der Waals surface area contributed by atoms with Crippen molar-refractivity contribution in [2.45, 2.75) is 26.3 Å². The Labute approximate surface area is 178 Å². The van der Waals surface area contributed by atoms with Crippen LogP contribution in [0.5, 0.6) is 0 Å². The van der Waals surface area contributed by atoms with Gasteiger partial charge in [-0.2, -0.15) is 5.10 Å². The number of nitrogens with two attached hydrogens (primary N) is 1. The van der Waals surface area contributed by atoms with Crippen LogP contribution in [0.2, 0.25) is 0 Å². The lowest BCUT2D eigenvalue weighted by Crippen LogP contribution is -2.45. The van der Waals surface area contributed by atoms with Crippen molar-refractivity contribution in [3.63, 3.8) is 0 Å². The number of carbonyl (C=O) groups excluding carboxylic acids is 4. The molecule has 2 aromatic carbocycles. The average molecular weight is 419 g/mol. The molecular weight excluding hydrogens is 398 g/mol. The quantitative estimate of drug-likeness (QED) is 0.513. The van der Waals surface area contributed by atoms with E-state index >= 15 is 0 Å². The molecule has 9 heteroatoms. The molecule has 4 N–H and O–H groups in total. The second kappa shape index (κ2) is 7.67. The predicted molar refractivity (Wildman–Crippen MR) is 114 cm³/mol. The molecule has 0 saturated heterocycles. The third-order valence-corrected chi connectivity index (χ3v) is 5.46. The first-order chi connectivity index (χ1) is 14.8. The number of imide groups is 1. The molecule has 2 aliphatic heterocycles. The van der Waals surface area contributed by atoms with Gasteiger partial charge in [0, 0.05) is 17.9 Å². The van der Waals surface area contributed by atoms with Crippen LogP contribution in [0.15, 0.2) is 47.6 Å². The molecule has 31 heavy (non-hydrogen) atoms. The molecule has 0 bridgehead atoms. The van der Waals surface area contributed by atoms with Gasteiger partial charge in [0.15, 0.2) is 0 Å². The molecule has 2 aliphatic rings. The van der Waals surface area contributed by atoms with E-state index < -0.39 is 23.8 Å². The van der Waals surface area contributed by atoms with Gasteiger partial charge in [-0.05, 0) is 31.2 Å². The summed E-state index contributed by atoms with van der Waals surface area (Å²) in [4.78, 5) is 50.4. The highest BCUT2D eigenvalue weighted by molar-refractivity contribution is 6.23. The summed E-state index contributed by atoms with van der Waals surface area (Å²) in [5.41, 5.74) is 11.2. The molecule has 0 fully saturated rings. The Bertz CT molecular complexity index is 1120. The Hall–Kier alpha value is -4.01. The number of hydrogen-bond donors (Lipinski definition) is 3. The van der Waals surface area contributed by atoms with E-state index in [2.05, 4.69) is 15.8 Å². The van der Waals surface area contributed by atoms with Crippen molar-refractivity contribution in [3.05, 3.63) is 59.2 Å². The van der Waals surface area contributed by atoms with Crippen LogP contribution in [0.4, 0.5) is 11.4 Å². The second-order valence-electron chi connectivity index (χ2n) is 7.63. The number of fused-ring (bicyclic) bond motifs is 1. The van der Waals surface area contributed by atoms with Crippen molar-refractivity contribution < 1.29 is 19.2 Å². The molecule has 0 spiro atoms. The molecule has 9 nitrogen and oxygen atoms in total. The fourth-order valence-electron chi connectivity index (χ4n) is 3.75. The molecule has 4 amide bonds. The number of anilines is 2. The Morgan fingerprint density at radius 3 is 2.39 bits per heavy atom. The van der Waals surface area contributed by atoms with Gasteiger partial charge < -0.3 is 11.1 Å². The number of hydrazone groups is 1. The zero-order valence-corrected chi connectivity index (χ0v) is 17.0. The van der Waals surface area contributed by atoms with Crippen molar-refractivity contribution in [2.24, 2.45) is 11.0 Å². The van der Waals surface area contributed by atoms with Gasteiger partial charge in [0.2, 0.25) is 11.8 Å². The van der Waals surface area contributed by atoms with Crippen LogP contribution in [0.3, 0.4) is 0 Å². The summed E-state index contributed by atoms with van der Waals surface area (Å²) in [5.74, 6) is -1.75. The van der Waals surface area contributed by atoms with Gasteiger partial charge in [-0.15, -0.1) is 0 Å². The summed E-state index contributed by atoms with van der Waals surface area (Å²) in [7, 11) is 0. The predicted octanol–water partition coefficient (Wildman–Crippen LogP) is 1.75. The number of rotatable bonds is 4. The van der Waals surface area contributed by atoms with E-state index in [-0.39, 0.29) is 23.0 Å². The van der Waals surface area contributed by atoms with Crippen LogP contribution < -0.4 is 16.5 Å². The largest absolute Gasteiger partial charge is 0.397 e. The van der Waals surface area contributed by atoms with Gasteiger partial charge in [0.25, 0.3) is 11.8 Å². The lowest BCUT2D eigenvalue weighted by molar-refractivity contribution is -0.122. The van der Waals surface area contributed by atoms with E-state index in [1.807, 2.05) is 6.92 Å². The molecule has 2 aromatic rings. The highest BCUT2D eigenvalue weighted by Gasteiger charge is 2.40. The summed E-state index contributed by atoms with van der Waals surface area (Å²) in [6.45, 7) is 3.38. The maximum absolute atomic E-state index is 12.8. The minimum absolute atomic E-state index is 0.0672. The zero-order chi connectivity index (χ0) is 22.3.